The molecule has 1 atom stereocenters. The Hall–Kier alpha value is -1.62. The van der Waals surface area contributed by atoms with E-state index in [0.717, 1.165) is 5.56 Å². The van der Waals surface area contributed by atoms with Crippen LogP contribution in [0.25, 0.3) is 0 Å². The molecule has 1 unspecified atom stereocenters. The molecule has 0 aliphatic carbocycles. The van der Waals surface area contributed by atoms with Crippen molar-refractivity contribution in [3.05, 3.63) is 35.9 Å². The highest BCUT2D eigenvalue weighted by atomic mass is 16.1. The molecule has 1 rings (SSSR count). The van der Waals surface area contributed by atoms with Crippen LogP contribution in [0, 0.1) is 17.2 Å². The number of rotatable bonds is 4. The van der Waals surface area contributed by atoms with Crippen molar-refractivity contribution in [3.63, 3.8) is 0 Å². The maximum absolute atomic E-state index is 11.9. The standard InChI is InChI=1S/C13H15NO/c1-10(2)13(15)12(8-9-14)11-6-4-3-5-7-11/h3-7,10,12H,8H2,1-2H3. The van der Waals surface area contributed by atoms with Crippen LogP contribution in [-0.2, 0) is 4.79 Å². The molecule has 78 valence electrons. The van der Waals surface area contributed by atoms with E-state index >= 15 is 0 Å². The summed E-state index contributed by atoms with van der Waals surface area (Å²) in [7, 11) is 0. The number of nitriles is 1. The molecule has 0 radical (unpaired) electrons. The zero-order chi connectivity index (χ0) is 11.3. The molecule has 0 fully saturated rings. The van der Waals surface area contributed by atoms with Gasteiger partial charge in [0.05, 0.1) is 12.0 Å². The van der Waals surface area contributed by atoms with Crippen molar-refractivity contribution in [3.8, 4) is 6.07 Å². The van der Waals surface area contributed by atoms with Gasteiger partial charge in [-0.2, -0.15) is 5.26 Å². The molecule has 15 heavy (non-hydrogen) atoms. The SMILES string of the molecule is CC(C)C(=O)C(CC#N)c1ccccc1. The first-order valence-electron chi connectivity index (χ1n) is 5.12. The summed E-state index contributed by atoms with van der Waals surface area (Å²) < 4.78 is 0. The highest BCUT2D eigenvalue weighted by molar-refractivity contribution is 5.87. The third-order valence-electron chi connectivity index (χ3n) is 2.41. The lowest BCUT2D eigenvalue weighted by Crippen LogP contribution is -2.17. The van der Waals surface area contributed by atoms with Crippen LogP contribution in [0.4, 0.5) is 0 Å². The van der Waals surface area contributed by atoms with Gasteiger partial charge < -0.3 is 0 Å². The zero-order valence-corrected chi connectivity index (χ0v) is 9.10. The number of nitrogens with zero attached hydrogens (tertiary/aromatic N) is 1. The Labute approximate surface area is 90.5 Å². The fourth-order valence-electron chi connectivity index (χ4n) is 1.56. The van der Waals surface area contributed by atoms with Gasteiger partial charge >= 0.3 is 0 Å². The third kappa shape index (κ3) is 2.92. The van der Waals surface area contributed by atoms with Crippen LogP contribution >= 0.6 is 0 Å². The van der Waals surface area contributed by atoms with Crippen LogP contribution in [-0.4, -0.2) is 5.78 Å². The average molecular weight is 201 g/mol. The van der Waals surface area contributed by atoms with Gasteiger partial charge in [0.15, 0.2) is 0 Å². The molecule has 2 heteroatoms. The lowest BCUT2D eigenvalue weighted by atomic mass is 9.87. The van der Waals surface area contributed by atoms with Crippen molar-refractivity contribution in [2.45, 2.75) is 26.2 Å². The van der Waals surface area contributed by atoms with Crippen molar-refractivity contribution in [2.75, 3.05) is 0 Å². The molecular weight excluding hydrogens is 186 g/mol. The largest absolute Gasteiger partial charge is 0.299 e. The van der Waals surface area contributed by atoms with E-state index in [1.54, 1.807) is 0 Å². The van der Waals surface area contributed by atoms with Crippen LogP contribution in [0.3, 0.4) is 0 Å². The molecule has 0 spiro atoms. The van der Waals surface area contributed by atoms with E-state index in [1.165, 1.54) is 0 Å². The van der Waals surface area contributed by atoms with Gasteiger partial charge in [0, 0.05) is 12.3 Å². The Morgan fingerprint density at radius 2 is 1.93 bits per heavy atom. The Bertz CT molecular complexity index is 362. The predicted octanol–water partition coefficient (Wildman–Crippen LogP) is 2.91. The minimum absolute atomic E-state index is 0.0245. The van der Waals surface area contributed by atoms with E-state index < -0.39 is 0 Å². The fourth-order valence-corrected chi connectivity index (χ4v) is 1.56. The molecule has 0 aliphatic rings. The molecule has 0 amide bonds. The van der Waals surface area contributed by atoms with Gasteiger partial charge in [-0.05, 0) is 5.56 Å². The van der Waals surface area contributed by atoms with E-state index in [4.69, 9.17) is 5.26 Å². The van der Waals surface area contributed by atoms with Gasteiger partial charge in [-0.15, -0.1) is 0 Å². The summed E-state index contributed by atoms with van der Waals surface area (Å²) in [6.07, 6.45) is 0.265. The van der Waals surface area contributed by atoms with E-state index in [1.807, 2.05) is 44.2 Å². The summed E-state index contributed by atoms with van der Waals surface area (Å²) in [4.78, 5) is 11.9. The summed E-state index contributed by atoms with van der Waals surface area (Å²) in [5.74, 6) is -0.150. The molecular formula is C13H15NO. The summed E-state index contributed by atoms with van der Waals surface area (Å²) in [5.41, 5.74) is 0.942. The Morgan fingerprint density at radius 1 is 1.33 bits per heavy atom. The number of hydrogen-bond donors (Lipinski definition) is 0. The molecule has 0 aliphatic heterocycles. The average Bonchev–Trinajstić information content (AvgIpc) is 2.26. The number of carbonyl (C=O) groups is 1. The molecule has 0 N–H and O–H groups in total. The molecule has 0 saturated carbocycles. The first-order valence-corrected chi connectivity index (χ1v) is 5.12. The molecule has 1 aromatic rings. The van der Waals surface area contributed by atoms with Gasteiger partial charge in [0.2, 0.25) is 0 Å². The van der Waals surface area contributed by atoms with Gasteiger partial charge in [-0.1, -0.05) is 44.2 Å². The Balaban J connectivity index is 2.94. The fraction of sp³-hybridized carbons (Fsp3) is 0.385. The lowest BCUT2D eigenvalue weighted by molar-refractivity contribution is -0.123. The number of hydrogen-bond acceptors (Lipinski definition) is 2. The second-order valence-corrected chi connectivity index (χ2v) is 3.88. The van der Waals surface area contributed by atoms with Crippen molar-refractivity contribution in [2.24, 2.45) is 5.92 Å². The second kappa shape index (κ2) is 5.31. The summed E-state index contributed by atoms with van der Waals surface area (Å²) in [6, 6.07) is 11.6. The van der Waals surface area contributed by atoms with E-state index in [9.17, 15) is 4.79 Å². The quantitative estimate of drug-likeness (QED) is 0.751. The minimum Gasteiger partial charge on any atom is -0.299 e. The van der Waals surface area contributed by atoms with Crippen LogP contribution in [0.5, 0.6) is 0 Å². The topological polar surface area (TPSA) is 40.9 Å². The van der Waals surface area contributed by atoms with Gasteiger partial charge in [-0.25, -0.2) is 0 Å². The first kappa shape index (κ1) is 11.5. The highest BCUT2D eigenvalue weighted by Crippen LogP contribution is 2.23. The third-order valence-corrected chi connectivity index (χ3v) is 2.41. The molecule has 2 nitrogen and oxygen atoms in total. The predicted molar refractivity (Wildman–Crippen MR) is 59.3 cm³/mol. The van der Waals surface area contributed by atoms with Gasteiger partial charge in [-0.3, -0.25) is 4.79 Å². The molecule has 0 bridgehead atoms. The lowest BCUT2D eigenvalue weighted by Gasteiger charge is -2.15. The van der Waals surface area contributed by atoms with Crippen LogP contribution < -0.4 is 0 Å². The Morgan fingerprint density at radius 3 is 2.40 bits per heavy atom. The van der Waals surface area contributed by atoms with Crippen molar-refractivity contribution < 1.29 is 4.79 Å². The normalized spacial score (nSPS) is 12.1. The highest BCUT2D eigenvalue weighted by Gasteiger charge is 2.22. The van der Waals surface area contributed by atoms with Gasteiger partial charge in [0.1, 0.15) is 5.78 Å². The monoisotopic (exact) mass is 201 g/mol. The van der Waals surface area contributed by atoms with E-state index in [2.05, 4.69) is 6.07 Å². The second-order valence-electron chi connectivity index (χ2n) is 3.88. The minimum atomic E-state index is -0.267. The molecule has 0 aromatic heterocycles. The van der Waals surface area contributed by atoms with Crippen LogP contribution in [0.1, 0.15) is 31.7 Å². The number of ketones is 1. The zero-order valence-electron chi connectivity index (χ0n) is 9.10. The maximum Gasteiger partial charge on any atom is 0.143 e. The number of carbonyl (C=O) groups excluding carboxylic acids is 1. The molecule has 0 heterocycles. The summed E-state index contributed by atoms with van der Waals surface area (Å²) >= 11 is 0. The summed E-state index contributed by atoms with van der Waals surface area (Å²) in [5, 5.41) is 8.73. The number of benzene rings is 1. The van der Waals surface area contributed by atoms with Crippen molar-refractivity contribution in [1.82, 2.24) is 0 Å². The summed E-state index contributed by atoms with van der Waals surface area (Å²) in [6.45, 7) is 3.74. The smallest absolute Gasteiger partial charge is 0.143 e. The number of Topliss-reactive ketones (excluding diaryl/α,β-unsaturated/α-hetero) is 1. The van der Waals surface area contributed by atoms with Crippen molar-refractivity contribution >= 4 is 5.78 Å². The van der Waals surface area contributed by atoms with Gasteiger partial charge in [0.25, 0.3) is 0 Å². The first-order chi connectivity index (χ1) is 7.16. The van der Waals surface area contributed by atoms with Crippen molar-refractivity contribution in [1.29, 1.82) is 5.26 Å². The van der Waals surface area contributed by atoms with E-state index in [0.29, 0.717) is 0 Å². The molecule has 0 saturated heterocycles. The molecule has 1 aromatic carbocycles. The van der Waals surface area contributed by atoms with E-state index in [-0.39, 0.29) is 24.0 Å². The van der Waals surface area contributed by atoms with Crippen LogP contribution in [0.2, 0.25) is 0 Å². The Kier molecular flexibility index (Phi) is 4.05. The van der Waals surface area contributed by atoms with Crippen LogP contribution in [0.15, 0.2) is 30.3 Å². The maximum atomic E-state index is 11.9.